The first-order valence-electron chi connectivity index (χ1n) is 5.24. The quantitative estimate of drug-likeness (QED) is 0.666. The largest absolute Gasteiger partial charge is 0.454 e. The Balaban J connectivity index is 2.29. The van der Waals surface area contributed by atoms with Gasteiger partial charge in [-0.1, -0.05) is 11.6 Å². The lowest BCUT2D eigenvalue weighted by Gasteiger charge is -2.09. The van der Waals surface area contributed by atoms with E-state index in [0.717, 1.165) is 12.1 Å². The number of benzene rings is 2. The third-order valence-electron chi connectivity index (χ3n) is 2.35. The number of rotatable bonds is 3. The predicted molar refractivity (Wildman–Crippen MR) is 68.9 cm³/mol. The predicted octanol–water partition coefficient (Wildman–Crippen LogP) is 3.69. The van der Waals surface area contributed by atoms with Crippen molar-refractivity contribution in [2.24, 2.45) is 5.73 Å². The van der Waals surface area contributed by atoms with E-state index >= 15 is 0 Å². The molecule has 0 heterocycles. The van der Waals surface area contributed by atoms with Crippen LogP contribution in [0.2, 0.25) is 5.02 Å². The van der Waals surface area contributed by atoms with Crippen molar-refractivity contribution in [2.45, 2.75) is 0 Å². The molecule has 0 aliphatic carbocycles. The van der Waals surface area contributed by atoms with E-state index in [2.05, 4.69) is 0 Å². The summed E-state index contributed by atoms with van der Waals surface area (Å²) >= 11 is 5.90. The van der Waals surface area contributed by atoms with E-state index < -0.39 is 11.6 Å². The molecule has 0 aliphatic rings. The van der Waals surface area contributed by atoms with Gasteiger partial charge in [0, 0.05) is 17.7 Å². The standard InChI is InChI=1S/C13H9ClF2N2O/c14-10-6-8(2-3-9(10)13(17)18)19-12-4-1-7(15)5-11(12)16/h1-6H,(H3,17,18). The summed E-state index contributed by atoms with van der Waals surface area (Å²) in [5, 5.41) is 7.49. The van der Waals surface area contributed by atoms with Crippen LogP contribution in [0.15, 0.2) is 36.4 Å². The second-order valence-corrected chi connectivity index (χ2v) is 4.14. The molecule has 0 aliphatic heterocycles. The Bertz CT molecular complexity index is 647. The molecule has 0 fully saturated rings. The van der Waals surface area contributed by atoms with Gasteiger partial charge < -0.3 is 10.5 Å². The number of hydrogen-bond acceptors (Lipinski definition) is 2. The Labute approximate surface area is 113 Å². The first-order chi connectivity index (χ1) is 8.97. The van der Waals surface area contributed by atoms with Crippen molar-refractivity contribution in [3.05, 3.63) is 58.6 Å². The topological polar surface area (TPSA) is 59.1 Å². The number of halogens is 3. The van der Waals surface area contributed by atoms with Gasteiger partial charge >= 0.3 is 0 Å². The zero-order valence-corrected chi connectivity index (χ0v) is 10.3. The monoisotopic (exact) mass is 282 g/mol. The van der Waals surface area contributed by atoms with Crippen molar-refractivity contribution in [1.82, 2.24) is 0 Å². The molecular formula is C13H9ClF2N2O. The number of nitrogens with one attached hydrogen (secondary N) is 1. The Kier molecular flexibility index (Phi) is 3.66. The van der Waals surface area contributed by atoms with E-state index in [-0.39, 0.29) is 22.4 Å². The zero-order valence-electron chi connectivity index (χ0n) is 9.58. The van der Waals surface area contributed by atoms with E-state index in [9.17, 15) is 8.78 Å². The lowest BCUT2D eigenvalue weighted by Crippen LogP contribution is -2.11. The van der Waals surface area contributed by atoms with Crippen molar-refractivity contribution < 1.29 is 13.5 Å². The minimum absolute atomic E-state index is 0.118. The highest BCUT2D eigenvalue weighted by atomic mass is 35.5. The minimum Gasteiger partial charge on any atom is -0.454 e. The lowest BCUT2D eigenvalue weighted by atomic mass is 10.2. The van der Waals surface area contributed by atoms with Crippen molar-refractivity contribution in [3.63, 3.8) is 0 Å². The first-order valence-corrected chi connectivity index (χ1v) is 5.62. The summed E-state index contributed by atoms with van der Waals surface area (Å²) in [6, 6.07) is 7.37. The highest BCUT2D eigenvalue weighted by Crippen LogP contribution is 2.28. The molecule has 0 saturated carbocycles. The molecule has 2 rings (SSSR count). The second-order valence-electron chi connectivity index (χ2n) is 3.73. The fourth-order valence-electron chi connectivity index (χ4n) is 1.46. The van der Waals surface area contributed by atoms with Gasteiger partial charge in [-0.3, -0.25) is 5.41 Å². The van der Waals surface area contributed by atoms with Crippen LogP contribution in [0.1, 0.15) is 5.56 Å². The Morgan fingerprint density at radius 3 is 2.47 bits per heavy atom. The van der Waals surface area contributed by atoms with E-state index in [0.29, 0.717) is 5.56 Å². The van der Waals surface area contributed by atoms with Crippen molar-refractivity contribution in [1.29, 1.82) is 5.41 Å². The van der Waals surface area contributed by atoms with Crippen molar-refractivity contribution >= 4 is 17.4 Å². The average molecular weight is 283 g/mol. The molecule has 0 saturated heterocycles. The minimum atomic E-state index is -0.813. The third kappa shape index (κ3) is 3.00. The molecule has 2 aromatic carbocycles. The molecular weight excluding hydrogens is 274 g/mol. The highest BCUT2D eigenvalue weighted by molar-refractivity contribution is 6.34. The normalized spacial score (nSPS) is 10.3. The fraction of sp³-hybridized carbons (Fsp3) is 0. The van der Waals surface area contributed by atoms with Gasteiger partial charge in [-0.15, -0.1) is 0 Å². The summed E-state index contributed by atoms with van der Waals surface area (Å²) in [4.78, 5) is 0. The summed E-state index contributed by atoms with van der Waals surface area (Å²) in [5.41, 5.74) is 5.67. The molecule has 0 radical (unpaired) electrons. The van der Waals surface area contributed by atoms with Crippen molar-refractivity contribution in [3.8, 4) is 11.5 Å². The first kappa shape index (κ1) is 13.3. The zero-order chi connectivity index (χ0) is 14.0. The van der Waals surface area contributed by atoms with E-state index in [1.807, 2.05) is 0 Å². The van der Waals surface area contributed by atoms with Gasteiger partial charge in [0.05, 0.1) is 5.02 Å². The SMILES string of the molecule is N=C(N)c1ccc(Oc2ccc(F)cc2F)cc1Cl. The molecule has 0 bridgehead atoms. The van der Waals surface area contributed by atoms with Crippen LogP contribution in [0.4, 0.5) is 8.78 Å². The van der Waals surface area contributed by atoms with Gasteiger partial charge in [-0.2, -0.15) is 0 Å². The maximum Gasteiger partial charge on any atom is 0.168 e. The third-order valence-corrected chi connectivity index (χ3v) is 2.67. The Hall–Kier alpha value is -2.14. The molecule has 6 heteroatoms. The summed E-state index contributed by atoms with van der Waals surface area (Å²) in [7, 11) is 0. The van der Waals surface area contributed by atoms with Crippen LogP contribution >= 0.6 is 11.6 Å². The van der Waals surface area contributed by atoms with Gasteiger partial charge in [-0.25, -0.2) is 8.78 Å². The molecule has 0 amide bonds. The molecule has 0 atom stereocenters. The van der Waals surface area contributed by atoms with Gasteiger partial charge in [0.1, 0.15) is 17.4 Å². The number of nitrogens with two attached hydrogens (primary N) is 1. The highest BCUT2D eigenvalue weighted by Gasteiger charge is 2.09. The maximum atomic E-state index is 13.4. The molecule has 2 aromatic rings. The molecule has 0 aromatic heterocycles. The number of hydrogen-bond donors (Lipinski definition) is 2. The molecule has 3 N–H and O–H groups in total. The lowest BCUT2D eigenvalue weighted by molar-refractivity contribution is 0.437. The van der Waals surface area contributed by atoms with E-state index in [1.54, 1.807) is 0 Å². The summed E-state index contributed by atoms with van der Waals surface area (Å²) < 4.78 is 31.4. The second kappa shape index (κ2) is 5.24. The number of nitrogen functional groups attached to an aromatic ring is 1. The van der Waals surface area contributed by atoms with E-state index in [4.69, 9.17) is 27.5 Å². The Morgan fingerprint density at radius 1 is 1.16 bits per heavy atom. The van der Waals surface area contributed by atoms with Crippen molar-refractivity contribution in [2.75, 3.05) is 0 Å². The summed E-state index contributed by atoms with van der Waals surface area (Å²) in [6.07, 6.45) is 0. The maximum absolute atomic E-state index is 13.4. The number of amidine groups is 1. The summed E-state index contributed by atoms with van der Waals surface area (Å²) in [5.74, 6) is -1.53. The van der Waals surface area contributed by atoms with Crippen LogP contribution in [0.25, 0.3) is 0 Å². The van der Waals surface area contributed by atoms with Crippen LogP contribution in [0, 0.1) is 17.0 Å². The van der Waals surface area contributed by atoms with Gasteiger partial charge in [0.2, 0.25) is 0 Å². The van der Waals surface area contributed by atoms with Gasteiger partial charge in [0.25, 0.3) is 0 Å². The molecule has 0 unspecified atom stereocenters. The van der Waals surface area contributed by atoms with Crippen LogP contribution in [-0.4, -0.2) is 5.84 Å². The molecule has 0 spiro atoms. The Morgan fingerprint density at radius 2 is 1.89 bits per heavy atom. The van der Waals surface area contributed by atoms with Crippen LogP contribution < -0.4 is 10.5 Å². The molecule has 19 heavy (non-hydrogen) atoms. The van der Waals surface area contributed by atoms with E-state index in [1.165, 1.54) is 24.3 Å². The molecule has 98 valence electrons. The van der Waals surface area contributed by atoms with Gasteiger partial charge in [0.15, 0.2) is 11.6 Å². The van der Waals surface area contributed by atoms with Crippen LogP contribution in [0.3, 0.4) is 0 Å². The number of ether oxygens (including phenoxy) is 1. The van der Waals surface area contributed by atoms with Gasteiger partial charge in [-0.05, 0) is 24.3 Å². The smallest absolute Gasteiger partial charge is 0.168 e. The summed E-state index contributed by atoms with van der Waals surface area (Å²) in [6.45, 7) is 0. The van der Waals surface area contributed by atoms with Crippen LogP contribution in [0.5, 0.6) is 11.5 Å². The fourth-order valence-corrected chi connectivity index (χ4v) is 1.74. The molecule has 3 nitrogen and oxygen atoms in total. The average Bonchev–Trinajstić information content (AvgIpc) is 2.32. The van der Waals surface area contributed by atoms with Crippen LogP contribution in [-0.2, 0) is 0 Å².